The molecule has 21 heavy (non-hydrogen) atoms. The van der Waals surface area contributed by atoms with Crippen LogP contribution in [0, 0.1) is 0 Å². The molecule has 6 nitrogen and oxygen atoms in total. The van der Waals surface area contributed by atoms with E-state index in [2.05, 4.69) is 9.97 Å². The van der Waals surface area contributed by atoms with E-state index in [1.54, 1.807) is 13.4 Å². The zero-order valence-electron chi connectivity index (χ0n) is 11.8. The molecular formula is C15H17N3O3. The van der Waals surface area contributed by atoms with E-state index in [4.69, 9.17) is 9.84 Å². The molecule has 1 aliphatic heterocycles. The predicted octanol–water partition coefficient (Wildman–Crippen LogP) is 2.50. The minimum Gasteiger partial charge on any atom is -0.497 e. The number of aromatic nitrogens is 2. The largest absolute Gasteiger partial charge is 0.497 e. The second kappa shape index (κ2) is 5.55. The molecule has 0 saturated carbocycles. The number of nitrogens with zero attached hydrogens (tertiary/aromatic N) is 3. The Morgan fingerprint density at radius 1 is 1.33 bits per heavy atom. The van der Waals surface area contributed by atoms with Crippen molar-refractivity contribution in [1.29, 1.82) is 0 Å². The number of piperidine rings is 1. The Hall–Kier alpha value is -2.37. The first-order chi connectivity index (χ1) is 10.2. The fourth-order valence-corrected chi connectivity index (χ4v) is 2.85. The van der Waals surface area contributed by atoms with Crippen LogP contribution in [0.1, 0.15) is 24.5 Å². The van der Waals surface area contributed by atoms with Gasteiger partial charge in [-0.05, 0) is 25.0 Å². The highest BCUT2D eigenvalue weighted by atomic mass is 16.5. The fraction of sp³-hybridized carbons (Fsp3) is 0.400. The van der Waals surface area contributed by atoms with Gasteiger partial charge in [-0.3, -0.25) is 0 Å². The SMILES string of the molecule is COc1ccc2c(C3CCN(C(=O)O)CC3)ncnc2c1. The third-order valence-corrected chi connectivity index (χ3v) is 4.03. The van der Waals surface area contributed by atoms with E-state index >= 15 is 0 Å². The molecule has 110 valence electrons. The van der Waals surface area contributed by atoms with Gasteiger partial charge in [0.1, 0.15) is 12.1 Å². The summed E-state index contributed by atoms with van der Waals surface area (Å²) in [4.78, 5) is 21.2. The quantitative estimate of drug-likeness (QED) is 0.918. The van der Waals surface area contributed by atoms with Crippen molar-refractivity contribution in [3.63, 3.8) is 0 Å². The van der Waals surface area contributed by atoms with Crippen molar-refractivity contribution in [2.75, 3.05) is 20.2 Å². The highest BCUT2D eigenvalue weighted by Crippen LogP contribution is 2.32. The van der Waals surface area contributed by atoms with E-state index < -0.39 is 6.09 Å². The minimum absolute atomic E-state index is 0.277. The van der Waals surface area contributed by atoms with Gasteiger partial charge in [-0.15, -0.1) is 0 Å². The number of ether oxygens (including phenoxy) is 1. The first-order valence-electron chi connectivity index (χ1n) is 6.95. The number of hydrogen-bond acceptors (Lipinski definition) is 4. The monoisotopic (exact) mass is 287 g/mol. The molecule has 2 heterocycles. The Morgan fingerprint density at radius 2 is 2.10 bits per heavy atom. The van der Waals surface area contributed by atoms with Gasteiger partial charge in [-0.2, -0.15) is 0 Å². The van der Waals surface area contributed by atoms with Gasteiger partial charge in [0.25, 0.3) is 0 Å². The fourth-order valence-electron chi connectivity index (χ4n) is 2.85. The van der Waals surface area contributed by atoms with Gasteiger partial charge in [0.2, 0.25) is 0 Å². The number of carbonyl (C=O) groups is 1. The number of benzene rings is 1. The van der Waals surface area contributed by atoms with Gasteiger partial charge in [0.15, 0.2) is 0 Å². The summed E-state index contributed by atoms with van der Waals surface area (Å²) in [5.74, 6) is 1.05. The van der Waals surface area contributed by atoms with Crippen LogP contribution in [-0.4, -0.2) is 46.3 Å². The summed E-state index contributed by atoms with van der Waals surface area (Å²) in [6.07, 6.45) is 2.32. The van der Waals surface area contributed by atoms with Crippen molar-refractivity contribution < 1.29 is 14.6 Å². The molecule has 0 bridgehead atoms. The lowest BCUT2D eigenvalue weighted by molar-refractivity contribution is 0.132. The van der Waals surface area contributed by atoms with Gasteiger partial charge in [0, 0.05) is 30.5 Å². The van der Waals surface area contributed by atoms with E-state index in [0.717, 1.165) is 35.2 Å². The zero-order chi connectivity index (χ0) is 14.8. The summed E-state index contributed by atoms with van der Waals surface area (Å²) in [6.45, 7) is 1.11. The summed E-state index contributed by atoms with van der Waals surface area (Å²) in [5.41, 5.74) is 1.87. The molecule has 1 N–H and O–H groups in total. The van der Waals surface area contributed by atoms with E-state index in [0.29, 0.717) is 13.1 Å². The topological polar surface area (TPSA) is 75.5 Å². The summed E-state index contributed by atoms with van der Waals surface area (Å²) < 4.78 is 5.22. The highest BCUT2D eigenvalue weighted by molar-refractivity contribution is 5.82. The van der Waals surface area contributed by atoms with Crippen molar-refractivity contribution in [1.82, 2.24) is 14.9 Å². The molecule has 0 aliphatic carbocycles. The van der Waals surface area contributed by atoms with E-state index in [1.807, 2.05) is 18.2 Å². The summed E-state index contributed by atoms with van der Waals surface area (Å²) in [5, 5.41) is 10.0. The van der Waals surface area contributed by atoms with Crippen molar-refractivity contribution in [2.24, 2.45) is 0 Å². The van der Waals surface area contributed by atoms with Gasteiger partial charge in [-0.1, -0.05) is 0 Å². The van der Waals surface area contributed by atoms with Crippen LogP contribution in [0.3, 0.4) is 0 Å². The van der Waals surface area contributed by atoms with Gasteiger partial charge >= 0.3 is 6.09 Å². The predicted molar refractivity (Wildman–Crippen MR) is 77.7 cm³/mol. The minimum atomic E-state index is -0.842. The molecule has 2 aromatic rings. The van der Waals surface area contributed by atoms with Crippen LogP contribution in [0.4, 0.5) is 4.79 Å². The molecule has 3 rings (SSSR count). The molecule has 0 atom stereocenters. The van der Waals surface area contributed by atoms with Gasteiger partial charge in [0.05, 0.1) is 18.3 Å². The van der Waals surface area contributed by atoms with E-state index in [-0.39, 0.29) is 5.92 Å². The molecule has 1 aromatic heterocycles. The van der Waals surface area contributed by atoms with Crippen LogP contribution in [0.15, 0.2) is 24.5 Å². The highest BCUT2D eigenvalue weighted by Gasteiger charge is 2.25. The summed E-state index contributed by atoms with van der Waals surface area (Å²) >= 11 is 0. The standard InChI is InChI=1S/C15H17N3O3/c1-21-11-2-3-12-13(8-11)16-9-17-14(12)10-4-6-18(7-5-10)15(19)20/h2-3,8-10H,4-7H2,1H3,(H,19,20). The average molecular weight is 287 g/mol. The molecule has 1 aliphatic rings. The maximum Gasteiger partial charge on any atom is 0.407 e. The number of amides is 1. The number of methoxy groups -OCH3 is 1. The normalized spacial score (nSPS) is 16.1. The van der Waals surface area contributed by atoms with E-state index in [9.17, 15) is 4.79 Å². The summed E-state index contributed by atoms with van der Waals surface area (Å²) in [7, 11) is 1.63. The number of fused-ring (bicyclic) bond motifs is 1. The van der Waals surface area contributed by atoms with Gasteiger partial charge < -0.3 is 14.7 Å². The smallest absolute Gasteiger partial charge is 0.407 e. The Morgan fingerprint density at radius 3 is 2.76 bits per heavy atom. The molecule has 1 saturated heterocycles. The van der Waals surface area contributed by atoms with Crippen LogP contribution < -0.4 is 4.74 Å². The lowest BCUT2D eigenvalue weighted by Gasteiger charge is -2.30. The molecule has 1 amide bonds. The first-order valence-corrected chi connectivity index (χ1v) is 6.95. The maximum absolute atomic E-state index is 11.0. The lowest BCUT2D eigenvalue weighted by atomic mass is 9.91. The molecule has 1 fully saturated rings. The average Bonchev–Trinajstić information content (AvgIpc) is 2.53. The third kappa shape index (κ3) is 2.61. The second-order valence-corrected chi connectivity index (χ2v) is 5.19. The molecular weight excluding hydrogens is 270 g/mol. The van der Waals surface area contributed by atoms with E-state index in [1.165, 1.54) is 4.90 Å². The van der Waals surface area contributed by atoms with Crippen molar-refractivity contribution in [3.8, 4) is 5.75 Å². The second-order valence-electron chi connectivity index (χ2n) is 5.19. The van der Waals surface area contributed by atoms with Crippen LogP contribution in [-0.2, 0) is 0 Å². The maximum atomic E-state index is 11.0. The first kappa shape index (κ1) is 13.6. The number of hydrogen-bond donors (Lipinski definition) is 1. The summed E-state index contributed by atoms with van der Waals surface area (Å²) in [6, 6.07) is 5.78. The van der Waals surface area contributed by atoms with Crippen molar-refractivity contribution in [2.45, 2.75) is 18.8 Å². The Bertz CT molecular complexity index is 666. The Balaban J connectivity index is 1.89. The Labute approximate surface area is 122 Å². The number of carboxylic acid groups (broad SMARTS) is 1. The van der Waals surface area contributed by atoms with Crippen LogP contribution in [0.2, 0.25) is 0 Å². The van der Waals surface area contributed by atoms with Crippen LogP contribution >= 0.6 is 0 Å². The Kier molecular flexibility index (Phi) is 3.60. The van der Waals surface area contributed by atoms with Gasteiger partial charge in [-0.25, -0.2) is 14.8 Å². The molecule has 1 aromatic carbocycles. The third-order valence-electron chi connectivity index (χ3n) is 4.03. The molecule has 6 heteroatoms. The van der Waals surface area contributed by atoms with Crippen molar-refractivity contribution >= 4 is 17.0 Å². The number of likely N-dealkylation sites (tertiary alicyclic amines) is 1. The zero-order valence-corrected chi connectivity index (χ0v) is 11.8. The molecule has 0 unspecified atom stereocenters. The van der Waals surface area contributed by atoms with Crippen LogP contribution in [0.5, 0.6) is 5.75 Å². The molecule has 0 radical (unpaired) electrons. The van der Waals surface area contributed by atoms with Crippen molar-refractivity contribution in [3.05, 3.63) is 30.2 Å². The van der Waals surface area contributed by atoms with Crippen LogP contribution in [0.25, 0.3) is 10.9 Å². The lowest BCUT2D eigenvalue weighted by Crippen LogP contribution is -2.37. The molecule has 0 spiro atoms. The number of rotatable bonds is 2.